The first-order valence-electron chi connectivity index (χ1n) is 7.55. The van der Waals surface area contributed by atoms with Gasteiger partial charge in [0.05, 0.1) is 23.3 Å². The van der Waals surface area contributed by atoms with Crippen LogP contribution in [0.5, 0.6) is 0 Å². The number of hydrogen-bond donors (Lipinski definition) is 1. The molecule has 0 aromatic carbocycles. The number of nitrogens with zero attached hydrogens (tertiary/aromatic N) is 4. The van der Waals surface area contributed by atoms with Crippen LogP contribution >= 0.6 is 11.8 Å². The van der Waals surface area contributed by atoms with Crippen LogP contribution in [0.2, 0.25) is 0 Å². The standard InChI is InChI=1S/C14H23N5O3S/c1-11(20)23-10-14(2,3)13(21)15-12-9-19(16-22-12)18-7-5-17(4)6-8-18/h9H,5-8,10H2,1-4H3/p+1. The number of carbonyl (C=O) groups is 2. The van der Waals surface area contributed by atoms with E-state index in [-0.39, 0.29) is 11.0 Å². The molecule has 0 bridgehead atoms. The molecule has 0 radical (unpaired) electrons. The van der Waals surface area contributed by atoms with E-state index in [1.54, 1.807) is 24.8 Å². The van der Waals surface area contributed by atoms with E-state index in [9.17, 15) is 9.59 Å². The van der Waals surface area contributed by atoms with Gasteiger partial charge in [0.25, 0.3) is 6.20 Å². The average Bonchev–Trinajstić information content (AvgIpc) is 2.94. The molecule has 1 aliphatic heterocycles. The molecule has 1 amide bonds. The molecule has 1 aromatic heterocycles. The summed E-state index contributed by atoms with van der Waals surface area (Å²) >= 11 is 1.14. The van der Waals surface area contributed by atoms with Gasteiger partial charge in [0, 0.05) is 25.8 Å². The van der Waals surface area contributed by atoms with Crippen LogP contribution in [-0.4, -0.2) is 60.2 Å². The minimum absolute atomic E-state index is 0.00144. The maximum Gasteiger partial charge on any atom is 0.305 e. The Morgan fingerprint density at radius 3 is 2.65 bits per heavy atom. The highest BCUT2D eigenvalue weighted by atomic mass is 32.2. The molecule has 1 aromatic rings. The summed E-state index contributed by atoms with van der Waals surface area (Å²) in [5, 5.41) is 8.72. The van der Waals surface area contributed by atoms with Crippen LogP contribution in [0.3, 0.4) is 0 Å². The normalized spacial score (nSPS) is 16.4. The average molecular weight is 342 g/mol. The zero-order chi connectivity index (χ0) is 17.0. The van der Waals surface area contributed by atoms with Gasteiger partial charge in [-0.1, -0.05) is 25.6 Å². The first-order valence-corrected chi connectivity index (χ1v) is 8.54. The highest BCUT2D eigenvalue weighted by Gasteiger charge is 2.31. The second-order valence-corrected chi connectivity index (χ2v) is 7.51. The first kappa shape index (κ1) is 17.7. The van der Waals surface area contributed by atoms with Crippen molar-refractivity contribution in [1.82, 2.24) is 10.2 Å². The minimum Gasteiger partial charge on any atom is -0.302 e. The van der Waals surface area contributed by atoms with E-state index in [2.05, 4.69) is 27.5 Å². The van der Waals surface area contributed by atoms with E-state index in [0.29, 0.717) is 11.6 Å². The molecule has 1 saturated heterocycles. The molecule has 1 fully saturated rings. The molecule has 1 N–H and O–H groups in total. The zero-order valence-corrected chi connectivity index (χ0v) is 14.9. The fraction of sp³-hybridized carbons (Fsp3) is 0.714. The molecule has 2 rings (SSSR count). The molecule has 0 saturated carbocycles. The van der Waals surface area contributed by atoms with Crippen molar-refractivity contribution < 1.29 is 18.9 Å². The SMILES string of the molecule is CC(=O)SCC(C)(C)C(=O)Nc1c[n+](N2CCN(C)CC2)no1. The van der Waals surface area contributed by atoms with E-state index in [0.717, 1.165) is 37.9 Å². The summed E-state index contributed by atoms with van der Waals surface area (Å²) in [4.78, 5) is 27.3. The van der Waals surface area contributed by atoms with Crippen molar-refractivity contribution in [3.63, 3.8) is 0 Å². The zero-order valence-electron chi connectivity index (χ0n) is 14.0. The number of anilines is 1. The summed E-state index contributed by atoms with van der Waals surface area (Å²) < 4.78 is 5.19. The third-order valence-electron chi connectivity index (χ3n) is 3.71. The number of likely N-dealkylation sites (N-methyl/N-ethyl adjacent to an activating group) is 1. The third kappa shape index (κ3) is 4.93. The molecular weight excluding hydrogens is 318 g/mol. The maximum atomic E-state index is 12.3. The van der Waals surface area contributed by atoms with Gasteiger partial charge in [-0.05, 0) is 7.05 Å². The lowest BCUT2D eigenvalue weighted by molar-refractivity contribution is -0.759. The molecule has 0 atom stereocenters. The highest BCUT2D eigenvalue weighted by Crippen LogP contribution is 2.24. The van der Waals surface area contributed by atoms with Crippen LogP contribution in [0.15, 0.2) is 10.7 Å². The molecule has 9 heteroatoms. The van der Waals surface area contributed by atoms with Crippen LogP contribution in [0.4, 0.5) is 5.88 Å². The topological polar surface area (TPSA) is 82.6 Å². The van der Waals surface area contributed by atoms with Crippen LogP contribution in [-0.2, 0) is 9.59 Å². The summed E-state index contributed by atoms with van der Waals surface area (Å²) in [6, 6.07) is 0. The Labute approximate surface area is 140 Å². The Morgan fingerprint density at radius 1 is 1.39 bits per heavy atom. The number of thioether (sulfide) groups is 1. The lowest BCUT2D eigenvalue weighted by atomic mass is 9.95. The number of hydrogen-bond acceptors (Lipinski definition) is 7. The monoisotopic (exact) mass is 342 g/mol. The van der Waals surface area contributed by atoms with Crippen molar-refractivity contribution >= 4 is 28.7 Å². The van der Waals surface area contributed by atoms with Gasteiger partial charge in [-0.25, -0.2) is 0 Å². The maximum absolute atomic E-state index is 12.3. The van der Waals surface area contributed by atoms with Crippen molar-refractivity contribution in [1.29, 1.82) is 0 Å². The largest absolute Gasteiger partial charge is 0.305 e. The number of nitrogens with one attached hydrogen (secondary N) is 1. The Balaban J connectivity index is 1.93. The molecule has 8 nitrogen and oxygen atoms in total. The lowest BCUT2D eigenvalue weighted by Gasteiger charge is -2.26. The predicted molar refractivity (Wildman–Crippen MR) is 87.7 cm³/mol. The molecule has 0 aliphatic carbocycles. The Kier molecular flexibility index (Phi) is 5.64. The first-order chi connectivity index (χ1) is 10.8. The van der Waals surface area contributed by atoms with E-state index < -0.39 is 5.41 Å². The van der Waals surface area contributed by atoms with Crippen LogP contribution in [0.25, 0.3) is 0 Å². The van der Waals surface area contributed by atoms with Gasteiger partial charge in [-0.15, -0.1) is 0 Å². The Morgan fingerprint density at radius 2 is 2.04 bits per heavy atom. The van der Waals surface area contributed by atoms with Gasteiger partial charge in [0.15, 0.2) is 5.12 Å². The van der Waals surface area contributed by atoms with Crippen LogP contribution < -0.4 is 15.1 Å². The van der Waals surface area contributed by atoms with Gasteiger partial charge >= 0.3 is 5.88 Å². The summed E-state index contributed by atoms with van der Waals surface area (Å²) in [6.07, 6.45) is 1.66. The van der Waals surface area contributed by atoms with Crippen molar-refractivity contribution in [2.45, 2.75) is 20.8 Å². The Bertz CT molecular complexity index is 567. The summed E-state index contributed by atoms with van der Waals surface area (Å²) in [7, 11) is 2.08. The molecule has 23 heavy (non-hydrogen) atoms. The summed E-state index contributed by atoms with van der Waals surface area (Å²) in [5.74, 6) is 0.517. The molecule has 128 valence electrons. The second-order valence-electron chi connectivity index (χ2n) is 6.36. The quantitative estimate of drug-likeness (QED) is 0.759. The van der Waals surface area contributed by atoms with Gasteiger partial charge < -0.3 is 4.90 Å². The number of rotatable bonds is 5. The van der Waals surface area contributed by atoms with Crippen molar-refractivity contribution in [2.75, 3.05) is 49.3 Å². The lowest BCUT2D eigenvalue weighted by Crippen LogP contribution is -2.64. The van der Waals surface area contributed by atoms with Gasteiger partial charge in [-0.2, -0.15) is 5.01 Å². The van der Waals surface area contributed by atoms with E-state index in [1.807, 2.05) is 0 Å². The smallest absolute Gasteiger partial charge is 0.302 e. The number of carbonyl (C=O) groups excluding carboxylic acids is 2. The van der Waals surface area contributed by atoms with Crippen molar-refractivity contribution in [2.24, 2.45) is 5.41 Å². The number of piperazine rings is 1. The fourth-order valence-electron chi connectivity index (χ4n) is 2.06. The van der Waals surface area contributed by atoms with Crippen molar-refractivity contribution in [3.05, 3.63) is 6.20 Å². The van der Waals surface area contributed by atoms with Crippen LogP contribution in [0.1, 0.15) is 20.8 Å². The van der Waals surface area contributed by atoms with E-state index >= 15 is 0 Å². The third-order valence-corrected chi connectivity index (χ3v) is 4.99. The molecule has 1 aliphatic rings. The summed E-state index contributed by atoms with van der Waals surface area (Å²) in [5.41, 5.74) is -0.679. The van der Waals surface area contributed by atoms with Gasteiger partial charge in [0.1, 0.15) is 0 Å². The molecular formula is C14H24N5O3S+. The second kappa shape index (κ2) is 7.31. The van der Waals surface area contributed by atoms with Crippen molar-refractivity contribution in [3.8, 4) is 0 Å². The van der Waals surface area contributed by atoms with Crippen LogP contribution in [0, 0.1) is 5.41 Å². The molecule has 0 spiro atoms. The summed E-state index contributed by atoms with van der Waals surface area (Å²) in [6.45, 7) is 8.69. The van der Waals surface area contributed by atoms with E-state index in [1.165, 1.54) is 6.92 Å². The van der Waals surface area contributed by atoms with E-state index in [4.69, 9.17) is 4.52 Å². The minimum atomic E-state index is -0.679. The molecule has 2 heterocycles. The number of amides is 1. The number of aromatic nitrogens is 2. The highest BCUT2D eigenvalue weighted by molar-refractivity contribution is 8.13. The fourth-order valence-corrected chi connectivity index (χ4v) is 2.75. The predicted octanol–water partition coefficient (Wildman–Crippen LogP) is 0.0899. The molecule has 0 unspecified atom stereocenters. The van der Waals surface area contributed by atoms with Gasteiger partial charge in [-0.3, -0.25) is 19.4 Å². The van der Waals surface area contributed by atoms with Gasteiger partial charge in [0.2, 0.25) is 11.2 Å². The Hall–Kier alpha value is -1.61.